The molecule has 7 heteroatoms. The molecule has 2 aromatic rings. The Hall–Kier alpha value is -2.54. The highest BCUT2D eigenvalue weighted by Gasteiger charge is 2.13. The van der Waals surface area contributed by atoms with Crippen molar-refractivity contribution < 1.29 is 19.0 Å². The number of amides is 1. The van der Waals surface area contributed by atoms with Crippen molar-refractivity contribution in [1.29, 1.82) is 0 Å². The van der Waals surface area contributed by atoms with Crippen LogP contribution in [0.25, 0.3) is 0 Å². The maximum atomic E-state index is 12.2. The average molecular weight is 334 g/mol. The van der Waals surface area contributed by atoms with Gasteiger partial charge in [-0.25, -0.2) is 0 Å². The fourth-order valence-electron chi connectivity index (χ4n) is 2.10. The van der Waals surface area contributed by atoms with Gasteiger partial charge in [0.2, 0.25) is 0 Å². The number of hydrogen-bond donors (Lipinski definition) is 2. The Morgan fingerprint density at radius 3 is 2.39 bits per heavy atom. The van der Waals surface area contributed by atoms with E-state index in [1.54, 1.807) is 51.8 Å². The van der Waals surface area contributed by atoms with Crippen LogP contribution >= 0.6 is 12.2 Å². The van der Waals surface area contributed by atoms with Crippen molar-refractivity contribution in [2.45, 2.75) is 6.54 Å². The van der Waals surface area contributed by atoms with Crippen molar-refractivity contribution in [2.75, 3.05) is 21.3 Å². The zero-order chi connectivity index (χ0) is 16.8. The molecule has 0 radical (unpaired) electrons. The number of benzene rings is 1. The van der Waals surface area contributed by atoms with Crippen LogP contribution in [0.2, 0.25) is 0 Å². The number of rotatable bonds is 6. The van der Waals surface area contributed by atoms with Crippen LogP contribution in [0, 0.1) is 4.64 Å². The van der Waals surface area contributed by atoms with Gasteiger partial charge in [-0.3, -0.25) is 4.79 Å². The van der Waals surface area contributed by atoms with E-state index in [1.165, 1.54) is 0 Å². The zero-order valence-corrected chi connectivity index (χ0v) is 14.0. The van der Waals surface area contributed by atoms with Gasteiger partial charge in [0.1, 0.15) is 10.4 Å². The summed E-state index contributed by atoms with van der Waals surface area (Å²) in [5, 5.41) is 2.82. The molecule has 0 atom stereocenters. The number of H-pyrrole nitrogens is 1. The van der Waals surface area contributed by atoms with Crippen LogP contribution in [0.4, 0.5) is 0 Å². The normalized spacial score (nSPS) is 10.0. The van der Waals surface area contributed by atoms with E-state index in [9.17, 15) is 4.79 Å². The van der Waals surface area contributed by atoms with Crippen LogP contribution in [0.3, 0.4) is 0 Å². The SMILES string of the molecule is COc1cc(OC)c(OC)cc1CNC(=O)c1ccc[nH]c1=S. The minimum atomic E-state index is -0.260. The van der Waals surface area contributed by atoms with Gasteiger partial charge >= 0.3 is 0 Å². The van der Waals surface area contributed by atoms with Crippen LogP contribution in [-0.2, 0) is 6.54 Å². The van der Waals surface area contributed by atoms with Crippen molar-refractivity contribution >= 4 is 18.1 Å². The number of nitrogens with one attached hydrogen (secondary N) is 2. The zero-order valence-electron chi connectivity index (χ0n) is 13.1. The highest BCUT2D eigenvalue weighted by molar-refractivity contribution is 7.71. The standard InChI is InChI=1S/C16H18N2O4S/c1-20-12-8-14(22-3)13(21-2)7-10(12)9-18-15(19)11-5-4-6-17-16(11)23/h4-8H,9H2,1-3H3,(H,17,23)(H,18,19). The van der Waals surface area contributed by atoms with E-state index in [-0.39, 0.29) is 12.5 Å². The summed E-state index contributed by atoms with van der Waals surface area (Å²) in [5.74, 6) is 1.46. The summed E-state index contributed by atoms with van der Waals surface area (Å²) in [6, 6.07) is 6.88. The van der Waals surface area contributed by atoms with Crippen LogP contribution in [0.15, 0.2) is 30.5 Å². The summed E-state index contributed by atoms with van der Waals surface area (Å²) in [4.78, 5) is 15.0. The molecule has 1 heterocycles. The smallest absolute Gasteiger partial charge is 0.254 e. The van der Waals surface area contributed by atoms with Gasteiger partial charge < -0.3 is 24.5 Å². The summed E-state index contributed by atoms with van der Waals surface area (Å²) in [7, 11) is 4.66. The first-order valence-electron chi connectivity index (χ1n) is 6.85. The number of pyridine rings is 1. The molecule has 1 amide bonds. The minimum absolute atomic E-state index is 0.260. The van der Waals surface area contributed by atoms with Gasteiger partial charge in [0.25, 0.3) is 5.91 Å². The molecule has 23 heavy (non-hydrogen) atoms. The Morgan fingerprint density at radius 2 is 1.78 bits per heavy atom. The predicted molar refractivity (Wildman–Crippen MR) is 88.9 cm³/mol. The van der Waals surface area contributed by atoms with Crippen LogP contribution in [0.1, 0.15) is 15.9 Å². The van der Waals surface area contributed by atoms with Crippen molar-refractivity contribution in [3.63, 3.8) is 0 Å². The van der Waals surface area contributed by atoms with Crippen molar-refractivity contribution in [3.05, 3.63) is 46.2 Å². The third kappa shape index (κ3) is 3.81. The summed E-state index contributed by atoms with van der Waals surface area (Å²) in [5.41, 5.74) is 1.19. The second-order valence-corrected chi connectivity index (χ2v) is 5.02. The molecule has 0 saturated carbocycles. The molecule has 122 valence electrons. The summed E-state index contributed by atoms with van der Waals surface area (Å²) >= 11 is 5.10. The maximum absolute atomic E-state index is 12.2. The molecular formula is C16H18N2O4S. The Kier molecular flexibility index (Phi) is 5.59. The molecule has 0 aliphatic heterocycles. The van der Waals surface area contributed by atoms with E-state index in [1.807, 2.05) is 0 Å². The molecule has 6 nitrogen and oxygen atoms in total. The Labute approximate surface area is 139 Å². The average Bonchev–Trinajstić information content (AvgIpc) is 2.59. The molecule has 0 unspecified atom stereocenters. The van der Waals surface area contributed by atoms with Gasteiger partial charge in [0, 0.05) is 24.4 Å². The molecule has 1 aromatic carbocycles. The van der Waals surface area contributed by atoms with Crippen molar-refractivity contribution in [1.82, 2.24) is 10.3 Å². The number of carbonyl (C=O) groups excluding carboxylic acids is 1. The second-order valence-electron chi connectivity index (χ2n) is 4.61. The number of aromatic amines is 1. The monoisotopic (exact) mass is 334 g/mol. The van der Waals surface area contributed by atoms with Gasteiger partial charge in [0.05, 0.1) is 26.9 Å². The number of carbonyl (C=O) groups is 1. The molecule has 0 aliphatic rings. The van der Waals surface area contributed by atoms with Gasteiger partial charge in [-0.2, -0.15) is 0 Å². The largest absolute Gasteiger partial charge is 0.496 e. The van der Waals surface area contributed by atoms with Crippen molar-refractivity contribution in [2.24, 2.45) is 0 Å². The molecule has 1 aromatic heterocycles. The molecule has 0 aliphatic carbocycles. The molecule has 2 N–H and O–H groups in total. The van der Waals surface area contributed by atoms with E-state index in [0.717, 1.165) is 5.56 Å². The van der Waals surface area contributed by atoms with Gasteiger partial charge in [-0.15, -0.1) is 0 Å². The highest BCUT2D eigenvalue weighted by atomic mass is 32.1. The lowest BCUT2D eigenvalue weighted by Gasteiger charge is -2.14. The van der Waals surface area contributed by atoms with Crippen LogP contribution in [-0.4, -0.2) is 32.2 Å². The summed E-state index contributed by atoms with van der Waals surface area (Å²) in [6.45, 7) is 0.270. The molecular weight excluding hydrogens is 316 g/mol. The first-order valence-corrected chi connectivity index (χ1v) is 7.26. The van der Waals surface area contributed by atoms with Gasteiger partial charge in [-0.05, 0) is 18.2 Å². The number of ether oxygens (including phenoxy) is 3. The maximum Gasteiger partial charge on any atom is 0.254 e. The number of methoxy groups -OCH3 is 3. The summed E-state index contributed by atoms with van der Waals surface area (Å²) < 4.78 is 16.2. The Balaban J connectivity index is 2.21. The van der Waals surface area contributed by atoms with Crippen LogP contribution in [0.5, 0.6) is 17.2 Å². The number of aromatic nitrogens is 1. The fraction of sp³-hybridized carbons (Fsp3) is 0.250. The molecule has 0 spiro atoms. The van der Waals surface area contributed by atoms with Gasteiger partial charge in [0.15, 0.2) is 11.5 Å². The third-order valence-electron chi connectivity index (χ3n) is 3.29. The van der Waals surface area contributed by atoms with E-state index >= 15 is 0 Å². The van der Waals surface area contributed by atoms with Crippen LogP contribution < -0.4 is 19.5 Å². The molecule has 0 saturated heterocycles. The lowest BCUT2D eigenvalue weighted by atomic mass is 10.1. The Bertz CT molecular complexity index is 758. The quantitative estimate of drug-likeness (QED) is 0.795. The first-order chi connectivity index (χ1) is 11.1. The second kappa shape index (κ2) is 7.64. The van der Waals surface area contributed by atoms with E-state index in [4.69, 9.17) is 26.4 Å². The van der Waals surface area contributed by atoms with E-state index < -0.39 is 0 Å². The van der Waals surface area contributed by atoms with E-state index in [0.29, 0.717) is 27.5 Å². The van der Waals surface area contributed by atoms with E-state index in [2.05, 4.69) is 10.3 Å². The van der Waals surface area contributed by atoms with Gasteiger partial charge in [-0.1, -0.05) is 12.2 Å². The Morgan fingerprint density at radius 1 is 1.13 bits per heavy atom. The molecule has 0 fully saturated rings. The summed E-state index contributed by atoms with van der Waals surface area (Å²) in [6.07, 6.45) is 1.68. The predicted octanol–water partition coefficient (Wildman–Crippen LogP) is 2.70. The molecule has 2 rings (SSSR count). The minimum Gasteiger partial charge on any atom is -0.496 e. The third-order valence-corrected chi connectivity index (χ3v) is 3.63. The molecule has 0 bridgehead atoms. The first kappa shape index (κ1) is 16.8. The number of hydrogen-bond acceptors (Lipinski definition) is 5. The fourth-order valence-corrected chi connectivity index (χ4v) is 2.33. The topological polar surface area (TPSA) is 72.6 Å². The lowest BCUT2D eigenvalue weighted by molar-refractivity contribution is 0.0950. The highest BCUT2D eigenvalue weighted by Crippen LogP contribution is 2.34. The lowest BCUT2D eigenvalue weighted by Crippen LogP contribution is -2.23. The van der Waals surface area contributed by atoms with Crippen molar-refractivity contribution in [3.8, 4) is 17.2 Å².